The third kappa shape index (κ3) is 4.24. The number of aryl methyl sites for hydroxylation is 2. The number of amides is 1. The molecule has 0 saturated carbocycles. The fourth-order valence-corrected chi connectivity index (χ4v) is 4.37. The highest BCUT2D eigenvalue weighted by molar-refractivity contribution is 5.91. The van der Waals surface area contributed by atoms with Crippen molar-refractivity contribution in [1.82, 2.24) is 4.90 Å². The fourth-order valence-electron chi connectivity index (χ4n) is 4.37. The van der Waals surface area contributed by atoms with E-state index in [0.29, 0.717) is 53.8 Å². The normalized spacial score (nSPS) is 20.1. The molecule has 0 bridgehead atoms. The number of carboxylic acids is 1. The van der Waals surface area contributed by atoms with Gasteiger partial charge in [0.15, 0.2) is 6.61 Å². The Kier molecular flexibility index (Phi) is 5.41. The average Bonchev–Trinajstić information content (AvgIpc) is 2.70. The summed E-state index contributed by atoms with van der Waals surface area (Å²) in [6.07, 6.45) is 2.71. The Morgan fingerprint density at radius 2 is 2.10 bits per heavy atom. The first-order valence-electron chi connectivity index (χ1n) is 10.6. The van der Waals surface area contributed by atoms with Crippen LogP contribution in [0.2, 0.25) is 0 Å². The van der Waals surface area contributed by atoms with Crippen LogP contribution in [-0.2, 0) is 16.0 Å². The van der Waals surface area contributed by atoms with Gasteiger partial charge in [0, 0.05) is 30.8 Å². The first kappa shape index (κ1) is 21.2. The summed E-state index contributed by atoms with van der Waals surface area (Å²) in [5.41, 5.74) is 1.15. The van der Waals surface area contributed by atoms with Crippen LogP contribution in [0.25, 0.3) is 11.0 Å². The molecule has 8 heteroatoms. The Balaban J connectivity index is 1.64. The number of likely N-dealkylation sites (tertiary alicyclic amines) is 1. The number of hydrogen-bond donors (Lipinski definition) is 1. The Morgan fingerprint density at radius 3 is 2.84 bits per heavy atom. The van der Waals surface area contributed by atoms with E-state index in [-0.39, 0.29) is 24.7 Å². The Bertz CT molecular complexity index is 1100. The minimum Gasteiger partial charge on any atom is -0.487 e. The van der Waals surface area contributed by atoms with Crippen LogP contribution in [0.4, 0.5) is 0 Å². The van der Waals surface area contributed by atoms with Gasteiger partial charge in [-0.25, -0.2) is 4.79 Å². The molecule has 2 aliphatic heterocycles. The highest BCUT2D eigenvalue weighted by Gasteiger charge is 2.31. The second-order valence-electron chi connectivity index (χ2n) is 8.97. The molecule has 1 aromatic carbocycles. The molecule has 3 heterocycles. The molecule has 8 nitrogen and oxygen atoms in total. The second kappa shape index (κ2) is 7.90. The number of carbonyl (C=O) groups is 2. The van der Waals surface area contributed by atoms with Gasteiger partial charge in [-0.2, -0.15) is 0 Å². The van der Waals surface area contributed by atoms with Gasteiger partial charge in [0.05, 0.1) is 11.3 Å². The molecule has 1 saturated heterocycles. The van der Waals surface area contributed by atoms with Gasteiger partial charge in [-0.3, -0.25) is 9.59 Å². The van der Waals surface area contributed by atoms with Gasteiger partial charge in [0.1, 0.15) is 22.7 Å². The molecule has 2 aromatic rings. The van der Waals surface area contributed by atoms with Gasteiger partial charge >= 0.3 is 11.6 Å². The highest BCUT2D eigenvalue weighted by atomic mass is 16.5. The van der Waals surface area contributed by atoms with Gasteiger partial charge in [0.2, 0.25) is 0 Å². The highest BCUT2D eigenvalue weighted by Crippen LogP contribution is 2.42. The summed E-state index contributed by atoms with van der Waals surface area (Å²) >= 11 is 0. The van der Waals surface area contributed by atoms with Crippen LogP contribution < -0.4 is 15.1 Å². The van der Waals surface area contributed by atoms with Gasteiger partial charge in [-0.1, -0.05) is 0 Å². The second-order valence-corrected chi connectivity index (χ2v) is 8.97. The molecule has 0 unspecified atom stereocenters. The number of carboxylic acid groups (broad SMARTS) is 1. The summed E-state index contributed by atoms with van der Waals surface area (Å²) in [5, 5.41) is 9.90. The van der Waals surface area contributed by atoms with Crippen molar-refractivity contribution in [1.29, 1.82) is 0 Å². The quantitative estimate of drug-likeness (QED) is 0.745. The third-order valence-electron chi connectivity index (χ3n) is 6.08. The van der Waals surface area contributed by atoms with Crippen LogP contribution in [0.15, 0.2) is 21.3 Å². The minimum atomic E-state index is -0.885. The van der Waals surface area contributed by atoms with Crippen molar-refractivity contribution in [2.75, 3.05) is 19.7 Å². The van der Waals surface area contributed by atoms with E-state index in [2.05, 4.69) is 0 Å². The molecule has 1 amide bonds. The summed E-state index contributed by atoms with van der Waals surface area (Å²) in [7, 11) is 0. The lowest BCUT2D eigenvalue weighted by atomic mass is 9.92. The summed E-state index contributed by atoms with van der Waals surface area (Å²) in [6.45, 7) is 6.26. The number of nitrogens with zero attached hydrogens (tertiary/aromatic N) is 1. The van der Waals surface area contributed by atoms with Crippen LogP contribution >= 0.6 is 0 Å². The van der Waals surface area contributed by atoms with E-state index in [1.54, 1.807) is 13.0 Å². The molecule has 4 rings (SSSR count). The van der Waals surface area contributed by atoms with Crippen LogP contribution in [-0.4, -0.2) is 47.2 Å². The summed E-state index contributed by atoms with van der Waals surface area (Å²) in [5.74, 6) is -0.705. The summed E-state index contributed by atoms with van der Waals surface area (Å²) in [6, 6.07) is 3.16. The fraction of sp³-hybridized carbons (Fsp3) is 0.522. The van der Waals surface area contributed by atoms with E-state index in [0.717, 1.165) is 12.0 Å². The van der Waals surface area contributed by atoms with Crippen molar-refractivity contribution in [3.63, 3.8) is 0 Å². The Morgan fingerprint density at radius 1 is 1.32 bits per heavy atom. The first-order valence-corrected chi connectivity index (χ1v) is 10.6. The smallest absolute Gasteiger partial charge is 0.336 e. The van der Waals surface area contributed by atoms with Gasteiger partial charge in [-0.05, 0) is 52.0 Å². The molecule has 166 valence electrons. The van der Waals surface area contributed by atoms with Crippen molar-refractivity contribution in [2.24, 2.45) is 5.92 Å². The molecular formula is C23H27NO7. The zero-order chi connectivity index (χ0) is 22.3. The van der Waals surface area contributed by atoms with E-state index >= 15 is 0 Å². The number of piperidine rings is 1. The lowest BCUT2D eigenvalue weighted by molar-refractivity contribution is -0.146. The maximum atomic E-state index is 12.7. The molecule has 0 spiro atoms. The number of benzene rings is 1. The van der Waals surface area contributed by atoms with E-state index in [1.165, 1.54) is 11.0 Å². The number of carbonyl (C=O) groups excluding carboxylic acids is 1. The summed E-state index contributed by atoms with van der Waals surface area (Å²) in [4.78, 5) is 37.6. The van der Waals surface area contributed by atoms with E-state index in [4.69, 9.17) is 13.9 Å². The van der Waals surface area contributed by atoms with Crippen LogP contribution in [0.3, 0.4) is 0 Å². The van der Waals surface area contributed by atoms with Gasteiger partial charge < -0.3 is 23.9 Å². The molecule has 0 radical (unpaired) electrons. The number of aliphatic carboxylic acids is 1. The standard InChI is InChI=1S/C23H27NO7/c1-13-9-19(26)30-21-15-6-7-23(2,3)31-16(15)10-17(20(13)21)29-12-18(25)24-8-4-5-14(11-24)22(27)28/h9-10,14H,4-8,11-12H2,1-3H3,(H,27,28)/t14-/m1/s1. The largest absolute Gasteiger partial charge is 0.487 e. The molecule has 1 aromatic heterocycles. The molecule has 2 aliphatic rings. The van der Waals surface area contributed by atoms with Gasteiger partial charge in [-0.15, -0.1) is 0 Å². The predicted molar refractivity (Wildman–Crippen MR) is 113 cm³/mol. The molecule has 1 N–H and O–H groups in total. The van der Waals surface area contributed by atoms with E-state index in [1.807, 2.05) is 13.8 Å². The Labute approximate surface area is 179 Å². The number of hydrogen-bond acceptors (Lipinski definition) is 6. The predicted octanol–water partition coefficient (Wildman–Crippen LogP) is 2.91. The summed E-state index contributed by atoms with van der Waals surface area (Å²) < 4.78 is 17.6. The van der Waals surface area contributed by atoms with E-state index in [9.17, 15) is 19.5 Å². The van der Waals surface area contributed by atoms with Gasteiger partial charge in [0.25, 0.3) is 5.91 Å². The van der Waals surface area contributed by atoms with Crippen LogP contribution in [0.1, 0.15) is 44.2 Å². The maximum absolute atomic E-state index is 12.7. The molecular weight excluding hydrogens is 402 g/mol. The molecule has 1 fully saturated rings. The van der Waals surface area contributed by atoms with Crippen molar-refractivity contribution < 1.29 is 28.6 Å². The van der Waals surface area contributed by atoms with Crippen molar-refractivity contribution in [2.45, 2.75) is 52.1 Å². The SMILES string of the molecule is Cc1cc(=O)oc2c3c(cc(OCC(=O)N4CCC[C@@H](C(=O)O)C4)c12)OC(C)(C)CC3. The monoisotopic (exact) mass is 429 g/mol. The molecule has 1 atom stereocenters. The lowest BCUT2D eigenvalue weighted by Crippen LogP contribution is -2.44. The molecule has 0 aliphatic carbocycles. The zero-order valence-corrected chi connectivity index (χ0v) is 18.0. The lowest BCUT2D eigenvalue weighted by Gasteiger charge is -2.33. The zero-order valence-electron chi connectivity index (χ0n) is 18.0. The minimum absolute atomic E-state index is 0.188. The Hall–Kier alpha value is -3.03. The number of ether oxygens (including phenoxy) is 2. The van der Waals surface area contributed by atoms with Crippen molar-refractivity contribution in [3.8, 4) is 11.5 Å². The van der Waals surface area contributed by atoms with Crippen molar-refractivity contribution >= 4 is 22.8 Å². The maximum Gasteiger partial charge on any atom is 0.336 e. The van der Waals surface area contributed by atoms with Crippen molar-refractivity contribution in [3.05, 3.63) is 33.7 Å². The van der Waals surface area contributed by atoms with E-state index < -0.39 is 17.5 Å². The van der Waals surface area contributed by atoms with Crippen LogP contribution in [0.5, 0.6) is 11.5 Å². The number of rotatable bonds is 4. The topological polar surface area (TPSA) is 106 Å². The molecule has 31 heavy (non-hydrogen) atoms. The van der Waals surface area contributed by atoms with Crippen LogP contribution in [0, 0.1) is 12.8 Å². The first-order chi connectivity index (χ1) is 14.6. The average molecular weight is 429 g/mol. The number of fused-ring (bicyclic) bond motifs is 3. The third-order valence-corrected chi connectivity index (χ3v) is 6.08.